The summed E-state index contributed by atoms with van der Waals surface area (Å²) in [6, 6.07) is 0.561. The maximum absolute atomic E-state index is 4.53. The van der Waals surface area contributed by atoms with Gasteiger partial charge in [0.15, 0.2) is 0 Å². The number of nitrogens with zero attached hydrogens (tertiary/aromatic N) is 2. The molecule has 0 radical (unpaired) electrons. The van der Waals surface area contributed by atoms with E-state index >= 15 is 0 Å². The Morgan fingerprint density at radius 1 is 1.44 bits per heavy atom. The number of aromatic nitrogens is 1. The average Bonchev–Trinajstić information content (AvgIpc) is 2.63. The van der Waals surface area contributed by atoms with Crippen molar-refractivity contribution >= 4 is 11.3 Å². The lowest BCUT2D eigenvalue weighted by atomic mass is 10.1. The Balaban J connectivity index is 2.49. The second-order valence-corrected chi connectivity index (χ2v) is 7.03. The Kier molecular flexibility index (Phi) is 5.76. The molecule has 0 aliphatic carbocycles. The minimum absolute atomic E-state index is 0.186. The van der Waals surface area contributed by atoms with Crippen molar-refractivity contribution in [3.05, 3.63) is 16.1 Å². The molecule has 1 aromatic rings. The number of hydrogen-bond donors (Lipinski definition) is 1. The third-order valence-corrected chi connectivity index (χ3v) is 3.86. The van der Waals surface area contributed by atoms with Crippen molar-refractivity contribution in [2.24, 2.45) is 0 Å². The first-order valence-corrected chi connectivity index (χ1v) is 7.56. The largest absolute Gasteiger partial charge is 0.311 e. The van der Waals surface area contributed by atoms with Crippen molar-refractivity contribution in [2.45, 2.75) is 59.2 Å². The molecule has 0 spiro atoms. The predicted octanol–water partition coefficient (Wildman–Crippen LogP) is 3.05. The molecular weight excluding hydrogens is 242 g/mol. The van der Waals surface area contributed by atoms with E-state index in [1.165, 1.54) is 5.69 Å². The van der Waals surface area contributed by atoms with Crippen molar-refractivity contribution < 1.29 is 0 Å². The van der Waals surface area contributed by atoms with Crippen LogP contribution in [0, 0.1) is 6.92 Å². The summed E-state index contributed by atoms with van der Waals surface area (Å²) in [6.45, 7) is 12.9. The Morgan fingerprint density at radius 3 is 2.56 bits per heavy atom. The molecule has 1 unspecified atom stereocenters. The summed E-state index contributed by atoms with van der Waals surface area (Å²) in [5.74, 6) is 0. The second kappa shape index (κ2) is 6.64. The zero-order valence-electron chi connectivity index (χ0n) is 12.6. The van der Waals surface area contributed by atoms with Crippen LogP contribution in [0.15, 0.2) is 5.38 Å². The highest BCUT2D eigenvalue weighted by atomic mass is 32.1. The Hall–Kier alpha value is -0.450. The molecule has 0 bridgehead atoms. The normalized spacial score (nSPS) is 14.2. The van der Waals surface area contributed by atoms with E-state index in [1.807, 2.05) is 0 Å². The van der Waals surface area contributed by atoms with Crippen LogP contribution in [0.2, 0.25) is 0 Å². The van der Waals surface area contributed by atoms with Crippen molar-refractivity contribution in [3.63, 3.8) is 0 Å². The lowest BCUT2D eigenvalue weighted by molar-refractivity contribution is 0.207. The Morgan fingerprint density at radius 2 is 2.11 bits per heavy atom. The summed E-state index contributed by atoms with van der Waals surface area (Å²) in [5.41, 5.74) is 1.38. The molecule has 4 heteroatoms. The highest BCUT2D eigenvalue weighted by molar-refractivity contribution is 7.09. The molecule has 1 N–H and O–H groups in total. The van der Waals surface area contributed by atoms with E-state index in [0.29, 0.717) is 6.04 Å². The number of likely N-dealkylation sites (N-methyl/N-ethyl adjacent to an activating group) is 1. The van der Waals surface area contributed by atoms with E-state index in [9.17, 15) is 0 Å². The third-order valence-electron chi connectivity index (χ3n) is 3.04. The third kappa shape index (κ3) is 5.46. The topological polar surface area (TPSA) is 28.2 Å². The minimum atomic E-state index is 0.186. The predicted molar refractivity (Wildman–Crippen MR) is 80.2 cm³/mol. The van der Waals surface area contributed by atoms with E-state index in [-0.39, 0.29) is 5.54 Å². The summed E-state index contributed by atoms with van der Waals surface area (Å²) in [6.07, 6.45) is 1.16. The quantitative estimate of drug-likeness (QED) is 0.860. The average molecular weight is 269 g/mol. The van der Waals surface area contributed by atoms with Crippen molar-refractivity contribution in [1.29, 1.82) is 0 Å². The van der Waals surface area contributed by atoms with Gasteiger partial charge in [0.25, 0.3) is 0 Å². The van der Waals surface area contributed by atoms with Gasteiger partial charge < -0.3 is 5.32 Å². The van der Waals surface area contributed by atoms with E-state index < -0.39 is 0 Å². The summed E-state index contributed by atoms with van der Waals surface area (Å²) >= 11 is 1.73. The van der Waals surface area contributed by atoms with Crippen LogP contribution < -0.4 is 5.32 Å². The number of rotatable bonds is 6. The smallest absolute Gasteiger partial charge is 0.0897 e. The Labute approximate surface area is 116 Å². The maximum Gasteiger partial charge on any atom is 0.0897 e. The van der Waals surface area contributed by atoms with Gasteiger partial charge in [-0.25, -0.2) is 4.98 Å². The molecule has 0 aliphatic rings. The standard InChI is InChI=1S/C14H27N3S/c1-7-13(8-15-14(3,4)5)17(6)9-12-10-18-11(2)16-12/h10,13,15H,7-9H2,1-6H3. The lowest BCUT2D eigenvalue weighted by Crippen LogP contribution is -2.46. The summed E-state index contributed by atoms with van der Waals surface area (Å²) in [7, 11) is 2.19. The van der Waals surface area contributed by atoms with E-state index in [4.69, 9.17) is 0 Å². The first-order chi connectivity index (χ1) is 8.31. The second-order valence-electron chi connectivity index (χ2n) is 5.97. The molecule has 1 atom stereocenters. The van der Waals surface area contributed by atoms with Gasteiger partial charge in [-0.1, -0.05) is 6.92 Å². The van der Waals surface area contributed by atoms with Crippen molar-refractivity contribution in [3.8, 4) is 0 Å². The molecule has 104 valence electrons. The summed E-state index contributed by atoms with van der Waals surface area (Å²) < 4.78 is 0. The molecule has 0 aromatic carbocycles. The highest BCUT2D eigenvalue weighted by Crippen LogP contribution is 2.12. The Bertz CT molecular complexity index is 354. The van der Waals surface area contributed by atoms with Crippen LogP contribution in [-0.4, -0.2) is 35.1 Å². The fourth-order valence-corrected chi connectivity index (χ4v) is 2.51. The van der Waals surface area contributed by atoms with Crippen LogP contribution in [0.25, 0.3) is 0 Å². The maximum atomic E-state index is 4.53. The van der Waals surface area contributed by atoms with Crippen molar-refractivity contribution in [2.75, 3.05) is 13.6 Å². The van der Waals surface area contributed by atoms with Gasteiger partial charge in [0.2, 0.25) is 0 Å². The van der Waals surface area contributed by atoms with Gasteiger partial charge >= 0.3 is 0 Å². The van der Waals surface area contributed by atoms with Crippen LogP contribution in [0.1, 0.15) is 44.8 Å². The zero-order chi connectivity index (χ0) is 13.8. The SMILES string of the molecule is CCC(CNC(C)(C)C)N(C)Cc1csc(C)n1. The molecule has 1 aromatic heterocycles. The van der Waals surface area contributed by atoms with Crippen LogP contribution in [0.3, 0.4) is 0 Å². The summed E-state index contributed by atoms with van der Waals surface area (Å²) in [4.78, 5) is 6.93. The zero-order valence-corrected chi connectivity index (χ0v) is 13.4. The molecule has 0 saturated carbocycles. The molecular formula is C14H27N3S. The van der Waals surface area contributed by atoms with Gasteiger partial charge in [0, 0.05) is 30.1 Å². The van der Waals surface area contributed by atoms with Gasteiger partial charge in [-0.3, -0.25) is 4.90 Å². The first-order valence-electron chi connectivity index (χ1n) is 6.68. The fraction of sp³-hybridized carbons (Fsp3) is 0.786. The van der Waals surface area contributed by atoms with Gasteiger partial charge in [0.1, 0.15) is 0 Å². The van der Waals surface area contributed by atoms with Crippen LogP contribution in [-0.2, 0) is 6.54 Å². The van der Waals surface area contributed by atoms with E-state index in [1.54, 1.807) is 11.3 Å². The van der Waals surface area contributed by atoms with Crippen LogP contribution in [0.4, 0.5) is 0 Å². The van der Waals surface area contributed by atoms with Crippen LogP contribution in [0.5, 0.6) is 0 Å². The molecule has 0 saturated heterocycles. The number of hydrogen-bond acceptors (Lipinski definition) is 4. The highest BCUT2D eigenvalue weighted by Gasteiger charge is 2.17. The van der Waals surface area contributed by atoms with E-state index in [0.717, 1.165) is 24.5 Å². The molecule has 3 nitrogen and oxygen atoms in total. The molecule has 1 heterocycles. The number of thiazole rings is 1. The van der Waals surface area contributed by atoms with Crippen LogP contribution >= 0.6 is 11.3 Å². The molecule has 0 aliphatic heterocycles. The summed E-state index contributed by atoms with van der Waals surface area (Å²) in [5, 5.41) is 6.90. The molecule has 0 amide bonds. The molecule has 1 rings (SSSR count). The van der Waals surface area contributed by atoms with Gasteiger partial charge in [-0.05, 0) is 41.2 Å². The minimum Gasteiger partial charge on any atom is -0.311 e. The van der Waals surface area contributed by atoms with Gasteiger partial charge in [0.05, 0.1) is 10.7 Å². The number of aryl methyl sites for hydroxylation is 1. The lowest BCUT2D eigenvalue weighted by Gasteiger charge is -2.30. The molecule has 0 fully saturated rings. The fourth-order valence-electron chi connectivity index (χ4n) is 1.90. The first kappa shape index (κ1) is 15.6. The number of nitrogens with one attached hydrogen (secondary N) is 1. The molecule has 18 heavy (non-hydrogen) atoms. The van der Waals surface area contributed by atoms with Crippen molar-refractivity contribution in [1.82, 2.24) is 15.2 Å². The van der Waals surface area contributed by atoms with E-state index in [2.05, 4.69) is 62.2 Å². The monoisotopic (exact) mass is 269 g/mol. The van der Waals surface area contributed by atoms with Gasteiger partial charge in [-0.15, -0.1) is 11.3 Å². The van der Waals surface area contributed by atoms with Gasteiger partial charge in [-0.2, -0.15) is 0 Å².